The van der Waals surface area contributed by atoms with Crippen LogP contribution in [-0.4, -0.2) is 38.9 Å². The number of carbonyl (C=O) groups is 2. The Morgan fingerprint density at radius 2 is 1.56 bits per heavy atom. The lowest BCUT2D eigenvalue weighted by Crippen LogP contribution is -2.47. The molecule has 6 rings (SSSR count). The maximum atomic E-state index is 14.0. The number of imidazole rings is 1. The summed E-state index contributed by atoms with van der Waals surface area (Å²) < 4.78 is 0. The number of amides is 2. The maximum Gasteiger partial charge on any atom is 0.297 e. The third kappa shape index (κ3) is 5.53. The van der Waals surface area contributed by atoms with Crippen molar-refractivity contribution in [3.8, 4) is 11.4 Å². The highest BCUT2D eigenvalue weighted by Gasteiger charge is 2.35. The van der Waals surface area contributed by atoms with Gasteiger partial charge in [0.1, 0.15) is 11.5 Å². The molecule has 0 saturated heterocycles. The summed E-state index contributed by atoms with van der Waals surface area (Å²) in [6.45, 7) is 0. The number of benzene rings is 4. The second-order valence-electron chi connectivity index (χ2n) is 9.29. The van der Waals surface area contributed by atoms with Gasteiger partial charge < -0.3 is 4.98 Å². The van der Waals surface area contributed by atoms with E-state index in [1.165, 1.54) is 0 Å². The number of hydrogen-bond donors (Lipinski definition) is 2. The number of aromatic nitrogens is 2. The zero-order chi connectivity index (χ0) is 30.2. The fourth-order valence-electron chi connectivity index (χ4n) is 4.56. The fraction of sp³-hybridized carbons (Fsp3) is 0.0323. The van der Waals surface area contributed by atoms with Gasteiger partial charge in [-0.1, -0.05) is 101 Å². The molecular weight excluding hydrogens is 648 g/mol. The van der Waals surface area contributed by atoms with Crippen LogP contribution in [0.5, 0.6) is 0 Å². The molecular formula is C31H19Cl4N5O2S. The zero-order valence-electron chi connectivity index (χ0n) is 22.2. The Kier molecular flexibility index (Phi) is 8.22. The van der Waals surface area contributed by atoms with E-state index in [1.54, 1.807) is 48.2 Å². The SMILES string of the molecule is CSc1ccc(/C=C2\N=C(c3ccccc3)N(NC(=O)c3c(Cl)c(Cl)c(Cl)c(Cl)c3-c3nc4ccccc4[nH]3)C2=O)cc1. The van der Waals surface area contributed by atoms with Gasteiger partial charge in [-0.05, 0) is 42.2 Å². The third-order valence-corrected chi connectivity index (χ3v) is 9.19. The molecule has 2 amide bonds. The number of nitrogens with zero attached hydrogens (tertiary/aromatic N) is 3. The minimum absolute atomic E-state index is 0.0285. The minimum atomic E-state index is -0.775. The van der Waals surface area contributed by atoms with E-state index in [4.69, 9.17) is 46.4 Å². The largest absolute Gasteiger partial charge is 0.338 e. The Labute approximate surface area is 270 Å². The molecule has 0 radical (unpaired) electrons. The lowest BCUT2D eigenvalue weighted by atomic mass is 10.1. The molecule has 2 N–H and O–H groups in total. The summed E-state index contributed by atoms with van der Waals surface area (Å²) in [5, 5.41) is 0.742. The second kappa shape index (κ2) is 12.1. The van der Waals surface area contributed by atoms with Gasteiger partial charge in [0.15, 0.2) is 5.84 Å². The van der Waals surface area contributed by atoms with Crippen LogP contribution in [0.15, 0.2) is 94.4 Å². The predicted octanol–water partition coefficient (Wildman–Crippen LogP) is 8.54. The molecule has 0 bridgehead atoms. The Bertz CT molecular complexity index is 1940. The van der Waals surface area contributed by atoms with Crippen LogP contribution in [0.1, 0.15) is 21.5 Å². The summed E-state index contributed by atoms with van der Waals surface area (Å²) in [6.07, 6.45) is 3.64. The van der Waals surface area contributed by atoms with E-state index in [2.05, 4.69) is 20.4 Å². The van der Waals surface area contributed by atoms with Gasteiger partial charge in [0.2, 0.25) is 0 Å². The van der Waals surface area contributed by atoms with E-state index in [1.807, 2.05) is 54.8 Å². The molecule has 0 unspecified atom stereocenters. The van der Waals surface area contributed by atoms with Crippen LogP contribution >= 0.6 is 58.2 Å². The van der Waals surface area contributed by atoms with Gasteiger partial charge >= 0.3 is 0 Å². The topological polar surface area (TPSA) is 90.4 Å². The average molecular weight is 667 g/mol. The molecule has 1 aromatic heterocycles. The van der Waals surface area contributed by atoms with Crippen molar-refractivity contribution in [2.75, 3.05) is 6.26 Å². The maximum absolute atomic E-state index is 14.0. The van der Waals surface area contributed by atoms with Crippen LogP contribution in [-0.2, 0) is 4.79 Å². The van der Waals surface area contributed by atoms with Crippen molar-refractivity contribution < 1.29 is 9.59 Å². The molecule has 0 atom stereocenters. The molecule has 0 fully saturated rings. The molecule has 2 heterocycles. The number of hydrazine groups is 1. The van der Waals surface area contributed by atoms with Crippen molar-refractivity contribution in [1.29, 1.82) is 0 Å². The van der Waals surface area contributed by atoms with Gasteiger partial charge in [-0.15, -0.1) is 11.8 Å². The molecule has 0 aliphatic carbocycles. The number of thioether (sulfide) groups is 1. The fourth-order valence-corrected chi connectivity index (χ4v) is 5.99. The number of carbonyl (C=O) groups excluding carboxylic acids is 2. The highest BCUT2D eigenvalue weighted by atomic mass is 35.5. The number of fused-ring (bicyclic) bond motifs is 1. The van der Waals surface area contributed by atoms with Crippen LogP contribution in [0, 0.1) is 0 Å². The van der Waals surface area contributed by atoms with Crippen LogP contribution in [0.25, 0.3) is 28.5 Å². The molecule has 4 aromatic carbocycles. The molecule has 214 valence electrons. The Hall–Kier alpha value is -3.79. The minimum Gasteiger partial charge on any atom is -0.338 e. The molecule has 43 heavy (non-hydrogen) atoms. The summed E-state index contributed by atoms with van der Waals surface area (Å²) in [7, 11) is 0. The van der Waals surface area contributed by atoms with Crippen LogP contribution in [0.2, 0.25) is 20.1 Å². The predicted molar refractivity (Wildman–Crippen MR) is 175 cm³/mol. The number of amidine groups is 1. The number of H-pyrrole nitrogens is 1. The number of hydrogen-bond acceptors (Lipinski definition) is 5. The van der Waals surface area contributed by atoms with Crippen LogP contribution < -0.4 is 5.43 Å². The van der Waals surface area contributed by atoms with E-state index in [0.29, 0.717) is 16.6 Å². The van der Waals surface area contributed by atoms with Crippen LogP contribution in [0.4, 0.5) is 0 Å². The number of halogens is 4. The normalized spacial score (nSPS) is 14.1. The van der Waals surface area contributed by atoms with Gasteiger partial charge in [0.05, 0.1) is 42.3 Å². The number of rotatable bonds is 6. The second-order valence-corrected chi connectivity index (χ2v) is 11.7. The summed E-state index contributed by atoms with van der Waals surface area (Å²) >= 11 is 27.7. The molecule has 7 nitrogen and oxygen atoms in total. The average Bonchev–Trinajstić information content (AvgIpc) is 3.59. The Morgan fingerprint density at radius 3 is 2.26 bits per heavy atom. The first-order valence-corrected chi connectivity index (χ1v) is 15.5. The van der Waals surface area contributed by atoms with Crippen molar-refractivity contribution in [2.24, 2.45) is 4.99 Å². The molecule has 1 aliphatic heterocycles. The Balaban J connectivity index is 1.43. The van der Waals surface area contributed by atoms with E-state index < -0.39 is 11.8 Å². The first-order chi connectivity index (χ1) is 20.8. The van der Waals surface area contributed by atoms with Crippen molar-refractivity contribution in [3.05, 3.63) is 121 Å². The van der Waals surface area contributed by atoms with Crippen molar-refractivity contribution in [1.82, 2.24) is 20.4 Å². The molecule has 5 aromatic rings. The van der Waals surface area contributed by atoms with E-state index in [0.717, 1.165) is 15.5 Å². The van der Waals surface area contributed by atoms with Gasteiger partial charge in [0, 0.05) is 10.5 Å². The summed E-state index contributed by atoms with van der Waals surface area (Å²) in [5.74, 6) is -0.855. The van der Waals surface area contributed by atoms with Gasteiger partial charge in [-0.2, -0.15) is 5.01 Å². The monoisotopic (exact) mass is 665 g/mol. The van der Waals surface area contributed by atoms with E-state index in [9.17, 15) is 9.59 Å². The Morgan fingerprint density at radius 1 is 0.884 bits per heavy atom. The van der Waals surface area contributed by atoms with Gasteiger partial charge in [0.25, 0.3) is 11.8 Å². The van der Waals surface area contributed by atoms with Crippen LogP contribution in [0.3, 0.4) is 0 Å². The van der Waals surface area contributed by atoms with Gasteiger partial charge in [-0.3, -0.25) is 15.0 Å². The smallest absolute Gasteiger partial charge is 0.297 e. The quantitative estimate of drug-likeness (QED) is 0.0822. The first kappa shape index (κ1) is 29.3. The highest BCUT2D eigenvalue weighted by Crippen LogP contribution is 2.45. The highest BCUT2D eigenvalue weighted by molar-refractivity contribution is 7.98. The summed E-state index contributed by atoms with van der Waals surface area (Å²) in [4.78, 5) is 41.2. The lowest BCUT2D eigenvalue weighted by Gasteiger charge is -2.21. The summed E-state index contributed by atoms with van der Waals surface area (Å²) in [6, 6.07) is 24.0. The standard InChI is InChI=1S/C31H19Cl4N5O2S/c1-43-18-13-11-16(12-14-18)15-21-31(42)40(29(38-21)17-7-3-2-4-8-17)39-30(41)23-22(24(32)26(34)27(35)25(23)33)28-36-19-9-5-6-10-20(19)37-28/h2-15H,1H3,(H,36,37)(H,39,41)/b21-15-. The number of para-hydroxylation sites is 2. The van der Waals surface area contributed by atoms with Crippen molar-refractivity contribution >= 4 is 92.9 Å². The lowest BCUT2D eigenvalue weighted by molar-refractivity contribution is -0.124. The molecule has 12 heteroatoms. The van der Waals surface area contributed by atoms with E-state index >= 15 is 0 Å². The molecule has 0 spiro atoms. The zero-order valence-corrected chi connectivity index (χ0v) is 26.0. The summed E-state index contributed by atoms with van der Waals surface area (Å²) in [5.41, 5.74) is 5.53. The number of aliphatic imine (C=N–C) groups is 1. The molecule has 1 aliphatic rings. The van der Waals surface area contributed by atoms with Crippen molar-refractivity contribution in [3.63, 3.8) is 0 Å². The van der Waals surface area contributed by atoms with Crippen molar-refractivity contribution in [2.45, 2.75) is 4.90 Å². The number of aromatic amines is 1. The third-order valence-electron chi connectivity index (χ3n) is 6.65. The molecule has 0 saturated carbocycles. The first-order valence-electron chi connectivity index (χ1n) is 12.7. The van der Waals surface area contributed by atoms with Gasteiger partial charge in [-0.25, -0.2) is 9.98 Å². The number of nitrogens with one attached hydrogen (secondary N) is 2. The van der Waals surface area contributed by atoms with E-state index in [-0.39, 0.29) is 48.6 Å².